The highest BCUT2D eigenvalue weighted by atomic mass is 19.1. The molecule has 0 aromatic heterocycles. The summed E-state index contributed by atoms with van der Waals surface area (Å²) in [6.45, 7) is 12.8. The average molecular weight is 393 g/mol. The van der Waals surface area contributed by atoms with E-state index in [0.717, 1.165) is 24.6 Å². The molecule has 0 saturated carbocycles. The Hall–Kier alpha value is -2.15. The Labute approximate surface area is 167 Å². The van der Waals surface area contributed by atoms with Crippen molar-refractivity contribution in [3.05, 3.63) is 35.6 Å². The van der Waals surface area contributed by atoms with Crippen LogP contribution in [0.2, 0.25) is 0 Å². The van der Waals surface area contributed by atoms with Gasteiger partial charge in [0, 0.05) is 25.0 Å². The highest BCUT2D eigenvalue weighted by molar-refractivity contribution is 5.81. The van der Waals surface area contributed by atoms with Gasteiger partial charge in [0.05, 0.1) is 19.2 Å². The van der Waals surface area contributed by atoms with Gasteiger partial charge in [-0.3, -0.25) is 9.79 Å². The lowest BCUT2D eigenvalue weighted by Gasteiger charge is -2.38. The Morgan fingerprint density at radius 1 is 1.25 bits per heavy atom. The maximum Gasteiger partial charge on any atom is 0.225 e. The molecule has 156 valence electrons. The molecule has 0 radical (unpaired) electrons. The molecular formula is C21H33FN4O2. The van der Waals surface area contributed by atoms with Gasteiger partial charge in [-0.05, 0) is 31.5 Å². The third kappa shape index (κ3) is 6.48. The van der Waals surface area contributed by atoms with Crippen LogP contribution in [0.1, 0.15) is 46.3 Å². The normalized spacial score (nSPS) is 20.8. The van der Waals surface area contributed by atoms with E-state index in [0.29, 0.717) is 19.6 Å². The Morgan fingerprint density at radius 2 is 1.93 bits per heavy atom. The number of carbonyl (C=O) groups is 1. The fraction of sp³-hybridized carbons (Fsp3) is 0.619. The van der Waals surface area contributed by atoms with Crippen LogP contribution in [0.25, 0.3) is 0 Å². The maximum atomic E-state index is 13.2. The zero-order valence-electron chi connectivity index (χ0n) is 17.6. The monoisotopic (exact) mass is 392 g/mol. The average Bonchev–Trinajstić information content (AvgIpc) is 2.63. The molecule has 2 rings (SSSR count). The number of carbonyl (C=O) groups excluding carboxylic acids is 1. The lowest BCUT2D eigenvalue weighted by atomic mass is 9.96. The zero-order chi connectivity index (χ0) is 20.7. The Morgan fingerprint density at radius 3 is 2.54 bits per heavy atom. The highest BCUT2D eigenvalue weighted by Crippen LogP contribution is 2.25. The van der Waals surface area contributed by atoms with E-state index in [1.807, 2.05) is 34.6 Å². The number of nitrogens with one attached hydrogen (secondary N) is 2. The Bertz CT molecular complexity index is 670. The third-order valence-corrected chi connectivity index (χ3v) is 4.48. The Kier molecular flexibility index (Phi) is 7.80. The molecule has 1 heterocycles. The van der Waals surface area contributed by atoms with Crippen molar-refractivity contribution in [3.8, 4) is 0 Å². The number of nitrogens with zero attached hydrogens (tertiary/aromatic N) is 2. The lowest BCUT2D eigenvalue weighted by molar-refractivity contribution is -0.128. The molecule has 28 heavy (non-hydrogen) atoms. The second-order valence-electron chi connectivity index (χ2n) is 8.13. The van der Waals surface area contributed by atoms with Gasteiger partial charge in [0.1, 0.15) is 11.9 Å². The number of rotatable bonds is 5. The first-order valence-electron chi connectivity index (χ1n) is 9.93. The molecule has 1 fully saturated rings. The molecule has 7 heteroatoms. The van der Waals surface area contributed by atoms with Crippen molar-refractivity contribution < 1.29 is 13.9 Å². The standard InChI is InChI=1S/C21H33FN4O2/c1-6-23-20(25-12-11-24-19(27)21(3,4)5)26-13-15(2)28-18(14-26)16-7-9-17(22)10-8-16/h7-10,15,18H,6,11-14H2,1-5H3,(H,23,25)(H,24,27). The minimum Gasteiger partial charge on any atom is -0.367 e. The van der Waals surface area contributed by atoms with E-state index in [2.05, 4.69) is 20.5 Å². The largest absolute Gasteiger partial charge is 0.367 e. The van der Waals surface area contributed by atoms with Crippen molar-refractivity contribution in [3.63, 3.8) is 0 Å². The quantitative estimate of drug-likeness (QED) is 0.459. The van der Waals surface area contributed by atoms with Crippen LogP contribution < -0.4 is 10.6 Å². The molecule has 0 bridgehead atoms. The van der Waals surface area contributed by atoms with Crippen LogP contribution in [-0.4, -0.2) is 55.6 Å². The third-order valence-electron chi connectivity index (χ3n) is 4.48. The number of hydrogen-bond acceptors (Lipinski definition) is 3. The number of aliphatic imine (C=N–C) groups is 1. The number of benzene rings is 1. The van der Waals surface area contributed by atoms with Gasteiger partial charge in [-0.2, -0.15) is 0 Å². The minimum atomic E-state index is -0.407. The molecule has 1 saturated heterocycles. The van der Waals surface area contributed by atoms with Crippen LogP contribution in [-0.2, 0) is 9.53 Å². The molecule has 1 aromatic rings. The van der Waals surface area contributed by atoms with Crippen molar-refractivity contribution in [2.24, 2.45) is 10.4 Å². The Balaban J connectivity index is 2.02. The van der Waals surface area contributed by atoms with Crippen LogP contribution in [0, 0.1) is 11.2 Å². The number of halogens is 1. The first kappa shape index (κ1) is 22.1. The molecule has 0 aliphatic carbocycles. The minimum absolute atomic E-state index is 0.0177. The first-order chi connectivity index (χ1) is 13.2. The second-order valence-corrected chi connectivity index (χ2v) is 8.13. The first-order valence-corrected chi connectivity index (χ1v) is 9.93. The second kappa shape index (κ2) is 9.87. The van der Waals surface area contributed by atoms with Crippen molar-refractivity contribution in [1.82, 2.24) is 15.5 Å². The topological polar surface area (TPSA) is 66.0 Å². The van der Waals surface area contributed by atoms with Crippen molar-refractivity contribution in [2.75, 3.05) is 32.7 Å². The molecule has 1 aliphatic rings. The summed E-state index contributed by atoms with van der Waals surface area (Å²) in [4.78, 5) is 18.8. The van der Waals surface area contributed by atoms with Gasteiger partial charge < -0.3 is 20.3 Å². The van der Waals surface area contributed by atoms with Crippen molar-refractivity contribution in [1.29, 1.82) is 0 Å². The van der Waals surface area contributed by atoms with Gasteiger partial charge in [-0.15, -0.1) is 0 Å². The van der Waals surface area contributed by atoms with E-state index in [-0.39, 0.29) is 23.9 Å². The van der Waals surface area contributed by atoms with Gasteiger partial charge in [0.15, 0.2) is 5.96 Å². The molecule has 2 unspecified atom stereocenters. The summed E-state index contributed by atoms with van der Waals surface area (Å²) in [6.07, 6.45) is -0.123. The fourth-order valence-corrected chi connectivity index (χ4v) is 3.01. The molecule has 6 nitrogen and oxygen atoms in total. The van der Waals surface area contributed by atoms with Gasteiger partial charge >= 0.3 is 0 Å². The highest BCUT2D eigenvalue weighted by Gasteiger charge is 2.28. The molecule has 2 N–H and O–H groups in total. The molecule has 2 atom stereocenters. The SMILES string of the molecule is CCNC(=NCCNC(=O)C(C)(C)C)N1CC(C)OC(c2ccc(F)cc2)C1. The summed E-state index contributed by atoms with van der Waals surface area (Å²) in [5, 5.41) is 6.24. The molecular weight excluding hydrogens is 359 g/mol. The summed E-state index contributed by atoms with van der Waals surface area (Å²) in [5.41, 5.74) is 0.544. The summed E-state index contributed by atoms with van der Waals surface area (Å²) in [6, 6.07) is 6.45. The zero-order valence-corrected chi connectivity index (χ0v) is 17.6. The smallest absolute Gasteiger partial charge is 0.225 e. The van der Waals surface area contributed by atoms with E-state index in [1.54, 1.807) is 12.1 Å². The predicted octanol–water partition coefficient (Wildman–Crippen LogP) is 2.72. The van der Waals surface area contributed by atoms with Crippen molar-refractivity contribution in [2.45, 2.75) is 46.8 Å². The summed E-state index contributed by atoms with van der Waals surface area (Å²) < 4.78 is 19.3. The van der Waals surface area contributed by atoms with E-state index in [4.69, 9.17) is 4.74 Å². The van der Waals surface area contributed by atoms with E-state index >= 15 is 0 Å². The van der Waals surface area contributed by atoms with E-state index in [9.17, 15) is 9.18 Å². The molecule has 1 aliphatic heterocycles. The number of guanidine groups is 1. The van der Waals surface area contributed by atoms with Crippen LogP contribution >= 0.6 is 0 Å². The van der Waals surface area contributed by atoms with Gasteiger partial charge in [-0.25, -0.2) is 4.39 Å². The van der Waals surface area contributed by atoms with Crippen LogP contribution in [0.5, 0.6) is 0 Å². The number of hydrogen-bond donors (Lipinski definition) is 2. The predicted molar refractivity (Wildman–Crippen MR) is 110 cm³/mol. The van der Waals surface area contributed by atoms with E-state index in [1.165, 1.54) is 12.1 Å². The molecule has 1 aromatic carbocycles. The number of amides is 1. The van der Waals surface area contributed by atoms with Crippen LogP contribution in [0.4, 0.5) is 4.39 Å². The summed E-state index contributed by atoms with van der Waals surface area (Å²) in [7, 11) is 0. The van der Waals surface area contributed by atoms with Crippen LogP contribution in [0.3, 0.4) is 0 Å². The lowest BCUT2D eigenvalue weighted by Crippen LogP contribution is -2.51. The molecule has 0 spiro atoms. The van der Waals surface area contributed by atoms with Crippen LogP contribution in [0.15, 0.2) is 29.3 Å². The maximum absolute atomic E-state index is 13.2. The summed E-state index contributed by atoms with van der Waals surface area (Å²) >= 11 is 0. The molecule has 1 amide bonds. The van der Waals surface area contributed by atoms with Gasteiger partial charge in [-0.1, -0.05) is 32.9 Å². The summed E-state index contributed by atoms with van der Waals surface area (Å²) in [5.74, 6) is 0.565. The number of morpholine rings is 1. The van der Waals surface area contributed by atoms with Crippen molar-refractivity contribution >= 4 is 11.9 Å². The van der Waals surface area contributed by atoms with Gasteiger partial charge in [0.25, 0.3) is 0 Å². The number of ether oxygens (including phenoxy) is 1. The van der Waals surface area contributed by atoms with Gasteiger partial charge in [0.2, 0.25) is 5.91 Å². The van der Waals surface area contributed by atoms with E-state index < -0.39 is 5.41 Å². The fourth-order valence-electron chi connectivity index (χ4n) is 3.01.